The van der Waals surface area contributed by atoms with Gasteiger partial charge in [-0.1, -0.05) is 11.8 Å². The van der Waals surface area contributed by atoms with Crippen LogP contribution in [-0.2, 0) is 9.59 Å². The minimum absolute atomic E-state index is 0.186. The lowest BCUT2D eigenvalue weighted by Gasteiger charge is -2.18. The monoisotopic (exact) mass is 323 g/mol. The van der Waals surface area contributed by atoms with E-state index in [1.165, 1.54) is 0 Å². The molecule has 1 unspecified atom stereocenters. The van der Waals surface area contributed by atoms with E-state index >= 15 is 0 Å². The van der Waals surface area contributed by atoms with Crippen molar-refractivity contribution in [3.8, 4) is 0 Å². The van der Waals surface area contributed by atoms with Gasteiger partial charge in [0, 0.05) is 12.7 Å². The number of carbonyl (C=O) groups excluding carboxylic acids is 1. The number of thioether (sulfide) groups is 1. The van der Waals surface area contributed by atoms with Crippen molar-refractivity contribution in [3.05, 3.63) is 0 Å². The summed E-state index contributed by atoms with van der Waals surface area (Å²) >= 11 is 1.88. The van der Waals surface area contributed by atoms with Crippen LogP contribution in [0.4, 0.5) is 13.2 Å². The number of rotatable bonds is 6. The minimum atomic E-state index is -3.74. The van der Waals surface area contributed by atoms with E-state index in [-0.39, 0.29) is 11.8 Å². The van der Waals surface area contributed by atoms with Gasteiger partial charge in [0.15, 0.2) is 0 Å². The SMILES string of the molecule is CC(=O)N[C@@H](CSC(F)(F)C(F)Br)C(=O)O. The molecule has 0 rings (SSSR count). The predicted octanol–water partition coefficient (Wildman–Crippen LogP) is 1.59. The number of hydrogen-bond donors (Lipinski definition) is 2. The summed E-state index contributed by atoms with van der Waals surface area (Å²) in [6.45, 7) is 1.06. The van der Waals surface area contributed by atoms with Crippen LogP contribution in [-0.4, -0.2) is 39.1 Å². The molecule has 0 heterocycles. The minimum Gasteiger partial charge on any atom is -0.480 e. The van der Waals surface area contributed by atoms with Crippen molar-refractivity contribution < 1.29 is 27.9 Å². The molecule has 0 aliphatic heterocycles. The molecule has 2 atom stereocenters. The zero-order valence-corrected chi connectivity index (χ0v) is 10.4. The highest BCUT2D eigenvalue weighted by molar-refractivity contribution is 9.09. The second kappa shape index (κ2) is 6.33. The van der Waals surface area contributed by atoms with Gasteiger partial charge in [-0.2, -0.15) is 8.78 Å². The van der Waals surface area contributed by atoms with Crippen LogP contribution in [0.5, 0.6) is 0 Å². The van der Waals surface area contributed by atoms with Gasteiger partial charge in [0.2, 0.25) is 11.0 Å². The number of aliphatic carboxylic acids is 1. The Balaban J connectivity index is 4.33. The molecule has 1 amide bonds. The van der Waals surface area contributed by atoms with Gasteiger partial charge in [0.1, 0.15) is 6.04 Å². The molecular weight excluding hydrogens is 315 g/mol. The van der Waals surface area contributed by atoms with Crippen molar-refractivity contribution in [2.75, 3.05) is 5.75 Å². The number of amides is 1. The Morgan fingerprint density at radius 1 is 1.56 bits per heavy atom. The molecule has 0 aliphatic rings. The topological polar surface area (TPSA) is 66.4 Å². The number of carboxylic acid groups (broad SMARTS) is 1. The van der Waals surface area contributed by atoms with Crippen LogP contribution >= 0.6 is 27.7 Å². The maximum absolute atomic E-state index is 12.7. The van der Waals surface area contributed by atoms with Crippen LogP contribution < -0.4 is 5.32 Å². The molecule has 0 saturated heterocycles. The molecule has 2 N–H and O–H groups in total. The highest BCUT2D eigenvalue weighted by Gasteiger charge is 2.40. The van der Waals surface area contributed by atoms with E-state index in [0.29, 0.717) is 0 Å². The van der Waals surface area contributed by atoms with Crippen molar-refractivity contribution >= 4 is 39.6 Å². The fourth-order valence-electron chi connectivity index (χ4n) is 0.677. The average Bonchev–Trinajstić information content (AvgIpc) is 2.10. The van der Waals surface area contributed by atoms with Crippen molar-refractivity contribution in [2.24, 2.45) is 0 Å². The van der Waals surface area contributed by atoms with Crippen LogP contribution in [0.15, 0.2) is 0 Å². The van der Waals surface area contributed by atoms with E-state index in [0.717, 1.165) is 6.92 Å². The van der Waals surface area contributed by atoms with Crippen molar-refractivity contribution in [1.82, 2.24) is 5.32 Å². The van der Waals surface area contributed by atoms with Gasteiger partial charge >= 0.3 is 11.2 Å². The van der Waals surface area contributed by atoms with Crippen LogP contribution in [0, 0.1) is 0 Å². The van der Waals surface area contributed by atoms with Gasteiger partial charge in [-0.05, 0) is 15.9 Å². The summed E-state index contributed by atoms with van der Waals surface area (Å²) < 4.78 is 37.8. The highest BCUT2D eigenvalue weighted by atomic mass is 79.9. The Morgan fingerprint density at radius 2 is 2.06 bits per heavy atom. The summed E-state index contributed by atoms with van der Waals surface area (Å²) in [6, 6.07) is -1.47. The summed E-state index contributed by atoms with van der Waals surface area (Å²) in [6.07, 6.45) is 0. The van der Waals surface area contributed by atoms with E-state index < -0.39 is 34.0 Å². The van der Waals surface area contributed by atoms with Crippen LogP contribution in [0.2, 0.25) is 0 Å². The van der Waals surface area contributed by atoms with Gasteiger partial charge in [-0.15, -0.1) is 0 Å². The fourth-order valence-corrected chi connectivity index (χ4v) is 1.81. The fraction of sp³-hybridized carbons (Fsp3) is 0.714. The van der Waals surface area contributed by atoms with Gasteiger partial charge in [0.05, 0.1) is 0 Å². The number of alkyl halides is 4. The molecule has 0 aliphatic carbocycles. The maximum atomic E-state index is 12.7. The molecule has 0 aromatic heterocycles. The molecular formula is C7H9BrF3NO3S. The number of carbonyl (C=O) groups is 2. The standard InChI is InChI=1S/C7H9BrF3NO3S/c1-3(13)12-4(5(14)15)2-16-7(10,11)6(8)9/h4,6H,2H2,1H3,(H,12,13)(H,14,15)/t4-,6?/m0/s1. The molecule has 94 valence electrons. The number of halogens is 4. The summed E-state index contributed by atoms with van der Waals surface area (Å²) in [7, 11) is 0. The first-order valence-electron chi connectivity index (χ1n) is 3.96. The summed E-state index contributed by atoms with van der Waals surface area (Å²) in [4.78, 5) is 21.1. The first-order valence-corrected chi connectivity index (χ1v) is 5.86. The quantitative estimate of drug-likeness (QED) is 0.728. The first kappa shape index (κ1) is 15.6. The zero-order valence-electron chi connectivity index (χ0n) is 8.05. The van der Waals surface area contributed by atoms with Gasteiger partial charge in [-0.25, -0.2) is 9.18 Å². The Hall–Kier alpha value is -0.440. The number of hydrogen-bond acceptors (Lipinski definition) is 3. The second-order valence-electron chi connectivity index (χ2n) is 2.76. The van der Waals surface area contributed by atoms with Crippen LogP contribution in [0.3, 0.4) is 0 Å². The van der Waals surface area contributed by atoms with Crippen molar-refractivity contribution in [2.45, 2.75) is 23.3 Å². The third-order valence-corrected chi connectivity index (χ3v) is 3.34. The average molecular weight is 324 g/mol. The second-order valence-corrected chi connectivity index (χ2v) is 4.74. The van der Waals surface area contributed by atoms with Crippen molar-refractivity contribution in [1.29, 1.82) is 0 Å². The lowest BCUT2D eigenvalue weighted by atomic mass is 10.3. The van der Waals surface area contributed by atoms with E-state index in [9.17, 15) is 22.8 Å². The van der Waals surface area contributed by atoms with E-state index in [2.05, 4.69) is 15.9 Å². The predicted molar refractivity (Wildman–Crippen MR) is 56.5 cm³/mol. The summed E-state index contributed by atoms with van der Waals surface area (Å²) in [5.41, 5.74) is 0. The van der Waals surface area contributed by atoms with Crippen molar-refractivity contribution in [3.63, 3.8) is 0 Å². The normalized spacial score (nSPS) is 15.3. The van der Waals surface area contributed by atoms with Gasteiger partial charge in [0.25, 0.3) is 0 Å². The Kier molecular flexibility index (Phi) is 6.16. The van der Waals surface area contributed by atoms with Crippen LogP contribution in [0.25, 0.3) is 0 Å². The van der Waals surface area contributed by atoms with Gasteiger partial charge < -0.3 is 10.4 Å². The molecule has 9 heteroatoms. The number of nitrogens with one attached hydrogen (secondary N) is 1. The molecule has 0 saturated carbocycles. The summed E-state index contributed by atoms with van der Waals surface area (Å²) in [5, 5.41) is 4.22. The van der Waals surface area contributed by atoms with E-state index in [4.69, 9.17) is 5.11 Å². The maximum Gasteiger partial charge on any atom is 0.334 e. The molecule has 4 nitrogen and oxygen atoms in total. The van der Waals surface area contributed by atoms with Gasteiger partial charge in [-0.3, -0.25) is 4.79 Å². The highest BCUT2D eigenvalue weighted by Crippen LogP contribution is 2.37. The number of carboxylic acids is 1. The molecule has 0 spiro atoms. The smallest absolute Gasteiger partial charge is 0.334 e. The van der Waals surface area contributed by atoms with Crippen LogP contribution in [0.1, 0.15) is 6.92 Å². The summed E-state index contributed by atoms with van der Waals surface area (Å²) in [5.74, 6) is -2.75. The van der Waals surface area contributed by atoms with E-state index in [1.54, 1.807) is 0 Å². The third kappa shape index (κ3) is 5.59. The molecule has 0 fully saturated rings. The Morgan fingerprint density at radius 3 is 2.38 bits per heavy atom. The molecule has 0 aromatic carbocycles. The van der Waals surface area contributed by atoms with E-state index in [1.807, 2.05) is 5.32 Å². The molecule has 16 heavy (non-hydrogen) atoms. The lowest BCUT2D eigenvalue weighted by Crippen LogP contribution is -2.42. The molecule has 0 radical (unpaired) electrons. The first-order chi connectivity index (χ1) is 7.16. The molecule has 0 aromatic rings. The third-order valence-electron chi connectivity index (χ3n) is 1.37. The Labute approximate surface area is 102 Å². The zero-order chi connectivity index (χ0) is 12.9. The Bertz CT molecular complexity index is 278. The largest absolute Gasteiger partial charge is 0.480 e. The lowest BCUT2D eigenvalue weighted by molar-refractivity contribution is -0.140. The molecule has 0 bridgehead atoms.